The minimum Gasteiger partial charge on any atom is -0.497 e. The van der Waals surface area contributed by atoms with E-state index in [-0.39, 0.29) is 16.9 Å². The number of nitrogens with one attached hydrogen (secondary N) is 3. The number of rotatable bonds is 10. The summed E-state index contributed by atoms with van der Waals surface area (Å²) in [6.07, 6.45) is 1.59. The summed E-state index contributed by atoms with van der Waals surface area (Å²) in [4.78, 5) is 40.2. The molecule has 7 nitrogen and oxygen atoms in total. The third-order valence-electron chi connectivity index (χ3n) is 6.44. The van der Waals surface area contributed by atoms with Crippen LogP contribution in [0.2, 0.25) is 0 Å². The van der Waals surface area contributed by atoms with Gasteiger partial charge in [-0.25, -0.2) is 0 Å². The predicted molar refractivity (Wildman–Crippen MR) is 170 cm³/mol. The highest BCUT2D eigenvalue weighted by molar-refractivity contribution is 8.00. The summed E-state index contributed by atoms with van der Waals surface area (Å²) in [5, 5.41) is 8.27. The molecule has 4 aromatic rings. The number of thioether (sulfide) groups is 1. The Morgan fingerprint density at radius 3 is 2.21 bits per heavy atom. The van der Waals surface area contributed by atoms with E-state index in [0.29, 0.717) is 22.6 Å². The average Bonchev–Trinajstić information content (AvgIpc) is 2.99. The predicted octanol–water partition coefficient (Wildman–Crippen LogP) is 6.84. The number of benzene rings is 4. The molecule has 0 saturated carbocycles. The van der Waals surface area contributed by atoms with Crippen molar-refractivity contribution in [3.63, 3.8) is 0 Å². The maximum absolute atomic E-state index is 13.5. The molecule has 0 aromatic heterocycles. The summed E-state index contributed by atoms with van der Waals surface area (Å²) < 4.78 is 5.30. The van der Waals surface area contributed by atoms with Crippen molar-refractivity contribution in [1.82, 2.24) is 5.32 Å². The molecule has 0 aliphatic heterocycles. The summed E-state index contributed by atoms with van der Waals surface area (Å²) >= 11 is 1.39. The number of ether oxygens (including phenoxy) is 1. The van der Waals surface area contributed by atoms with Crippen molar-refractivity contribution >= 4 is 46.9 Å². The Balaban J connectivity index is 1.50. The van der Waals surface area contributed by atoms with Crippen LogP contribution in [0.15, 0.2) is 108 Å². The Morgan fingerprint density at radius 1 is 0.810 bits per heavy atom. The molecule has 3 amide bonds. The lowest BCUT2D eigenvalue weighted by Crippen LogP contribution is -2.30. The lowest BCUT2D eigenvalue weighted by molar-refractivity contribution is -0.115. The van der Waals surface area contributed by atoms with Crippen molar-refractivity contribution in [2.24, 2.45) is 0 Å². The van der Waals surface area contributed by atoms with E-state index < -0.39 is 11.8 Å². The molecule has 8 heteroatoms. The second-order valence-corrected chi connectivity index (χ2v) is 11.1. The molecule has 0 aliphatic carbocycles. The van der Waals surface area contributed by atoms with Crippen LogP contribution in [0.25, 0.3) is 6.08 Å². The van der Waals surface area contributed by atoms with Gasteiger partial charge < -0.3 is 20.7 Å². The number of carbonyl (C=O) groups excluding carboxylic acids is 3. The van der Waals surface area contributed by atoms with Crippen LogP contribution in [0.4, 0.5) is 11.4 Å². The fraction of sp³-hybridized carbons (Fsp3) is 0.147. The van der Waals surface area contributed by atoms with Crippen LogP contribution >= 0.6 is 11.8 Å². The monoisotopic (exact) mass is 579 g/mol. The molecule has 42 heavy (non-hydrogen) atoms. The number of carbonyl (C=O) groups is 3. The van der Waals surface area contributed by atoms with Crippen LogP contribution < -0.4 is 20.7 Å². The van der Waals surface area contributed by atoms with Gasteiger partial charge in [-0.3, -0.25) is 14.4 Å². The van der Waals surface area contributed by atoms with Gasteiger partial charge in [0.2, 0.25) is 5.91 Å². The minimum absolute atomic E-state index is 0.0662. The quantitative estimate of drug-likeness (QED) is 0.141. The summed E-state index contributed by atoms with van der Waals surface area (Å²) in [5.41, 5.74) is 4.53. The Labute approximate surface area is 250 Å². The van der Waals surface area contributed by atoms with Gasteiger partial charge in [-0.1, -0.05) is 54.6 Å². The molecule has 4 aromatic carbocycles. The number of hydrogen-bond acceptors (Lipinski definition) is 5. The van der Waals surface area contributed by atoms with Crippen molar-refractivity contribution in [1.29, 1.82) is 0 Å². The Morgan fingerprint density at radius 2 is 1.50 bits per heavy atom. The Bertz CT molecular complexity index is 1600. The zero-order valence-corrected chi connectivity index (χ0v) is 24.8. The third-order valence-corrected chi connectivity index (χ3v) is 7.53. The van der Waals surface area contributed by atoms with Gasteiger partial charge in [0.1, 0.15) is 11.4 Å². The number of hydrogen-bond donors (Lipinski definition) is 3. The Kier molecular flexibility index (Phi) is 10.2. The summed E-state index contributed by atoms with van der Waals surface area (Å²) in [6, 6.07) is 29.0. The van der Waals surface area contributed by atoms with Gasteiger partial charge in [0.25, 0.3) is 11.8 Å². The molecular weight excluding hydrogens is 546 g/mol. The fourth-order valence-electron chi connectivity index (χ4n) is 4.18. The first-order valence-electron chi connectivity index (χ1n) is 13.4. The first-order valence-corrected chi connectivity index (χ1v) is 14.3. The standard InChI is InChI=1S/C34H33N3O4S/c1-22-11-8-12-23(2)31(22)37-32(38)24(3)42-29-18-10-16-27(21-29)35-34(40)30(20-25-13-9-17-28(19-25)41-4)36-33(39)26-14-6-5-7-15-26/h5-21,24H,1-4H3,(H,35,40)(H,36,39)(H,37,38)/b30-20-. The lowest BCUT2D eigenvalue weighted by atomic mass is 10.1. The average molecular weight is 580 g/mol. The fourth-order valence-corrected chi connectivity index (χ4v) is 5.11. The molecule has 1 atom stereocenters. The molecule has 0 heterocycles. The van der Waals surface area contributed by atoms with Gasteiger partial charge >= 0.3 is 0 Å². The van der Waals surface area contributed by atoms with Crippen LogP contribution in [-0.2, 0) is 9.59 Å². The molecule has 4 rings (SSSR count). The van der Waals surface area contributed by atoms with E-state index in [1.165, 1.54) is 11.8 Å². The van der Waals surface area contributed by atoms with Gasteiger partial charge in [0, 0.05) is 21.8 Å². The van der Waals surface area contributed by atoms with Crippen molar-refractivity contribution in [2.75, 3.05) is 17.7 Å². The van der Waals surface area contributed by atoms with Crippen LogP contribution in [0, 0.1) is 13.8 Å². The molecular formula is C34H33N3O4S. The maximum Gasteiger partial charge on any atom is 0.272 e. The normalized spacial score (nSPS) is 11.8. The van der Waals surface area contributed by atoms with Crippen molar-refractivity contribution in [2.45, 2.75) is 30.9 Å². The van der Waals surface area contributed by atoms with E-state index in [1.54, 1.807) is 67.8 Å². The maximum atomic E-state index is 13.5. The van der Waals surface area contributed by atoms with E-state index >= 15 is 0 Å². The number of anilines is 2. The van der Waals surface area contributed by atoms with Crippen LogP contribution in [-0.4, -0.2) is 30.1 Å². The first-order chi connectivity index (χ1) is 20.2. The molecule has 0 aliphatic rings. The minimum atomic E-state index is -0.495. The Hall–Kier alpha value is -4.82. The van der Waals surface area contributed by atoms with Gasteiger partial charge in [-0.05, 0) is 86.0 Å². The smallest absolute Gasteiger partial charge is 0.272 e. The number of aryl methyl sites for hydroxylation is 2. The van der Waals surface area contributed by atoms with Crippen molar-refractivity contribution in [3.8, 4) is 5.75 Å². The van der Waals surface area contributed by atoms with Crippen molar-refractivity contribution < 1.29 is 19.1 Å². The van der Waals surface area contributed by atoms with Gasteiger partial charge in [-0.15, -0.1) is 11.8 Å². The highest BCUT2D eigenvalue weighted by Gasteiger charge is 2.18. The summed E-state index contributed by atoms with van der Waals surface area (Å²) in [6.45, 7) is 5.77. The third kappa shape index (κ3) is 8.11. The molecule has 0 radical (unpaired) electrons. The van der Waals surface area contributed by atoms with Gasteiger partial charge in [0.05, 0.1) is 12.4 Å². The highest BCUT2D eigenvalue weighted by Crippen LogP contribution is 2.28. The molecule has 3 N–H and O–H groups in total. The largest absolute Gasteiger partial charge is 0.497 e. The van der Waals surface area contributed by atoms with E-state index in [0.717, 1.165) is 21.7 Å². The molecule has 0 saturated heterocycles. The summed E-state index contributed by atoms with van der Waals surface area (Å²) in [5.74, 6) is -0.393. The molecule has 0 bridgehead atoms. The topological polar surface area (TPSA) is 96.5 Å². The van der Waals surface area contributed by atoms with E-state index in [9.17, 15) is 14.4 Å². The zero-order valence-electron chi connectivity index (χ0n) is 23.9. The molecule has 1 unspecified atom stereocenters. The molecule has 0 spiro atoms. The van der Waals surface area contributed by atoms with Crippen molar-refractivity contribution in [3.05, 3.63) is 125 Å². The van der Waals surface area contributed by atoms with E-state index in [4.69, 9.17) is 4.74 Å². The number of para-hydroxylation sites is 1. The van der Waals surface area contributed by atoms with Gasteiger partial charge in [0.15, 0.2) is 0 Å². The van der Waals surface area contributed by atoms with Crippen LogP contribution in [0.3, 0.4) is 0 Å². The molecule has 214 valence electrons. The number of amides is 3. The van der Waals surface area contributed by atoms with Gasteiger partial charge in [-0.2, -0.15) is 0 Å². The number of methoxy groups -OCH3 is 1. The van der Waals surface area contributed by atoms with Crippen LogP contribution in [0.1, 0.15) is 34.0 Å². The molecule has 0 fully saturated rings. The van der Waals surface area contributed by atoms with Crippen LogP contribution in [0.5, 0.6) is 5.75 Å². The SMILES string of the molecule is COc1cccc(/C=C(\NC(=O)c2ccccc2)C(=O)Nc2cccc(SC(C)C(=O)Nc3c(C)cccc3C)c2)c1. The lowest BCUT2D eigenvalue weighted by Gasteiger charge is -2.16. The van der Waals surface area contributed by atoms with E-state index in [2.05, 4.69) is 16.0 Å². The highest BCUT2D eigenvalue weighted by atomic mass is 32.2. The van der Waals surface area contributed by atoms with E-state index in [1.807, 2.05) is 63.2 Å². The zero-order chi connectivity index (χ0) is 30.1. The summed E-state index contributed by atoms with van der Waals surface area (Å²) in [7, 11) is 1.56. The second-order valence-electron chi connectivity index (χ2n) is 9.65. The first kappa shape index (κ1) is 30.1. The second kappa shape index (κ2) is 14.2.